The van der Waals surface area contributed by atoms with Crippen molar-refractivity contribution in [2.45, 2.75) is 70.3 Å². The zero-order valence-corrected chi connectivity index (χ0v) is 20.1. The Kier molecular flexibility index (Phi) is 6.96. The van der Waals surface area contributed by atoms with Gasteiger partial charge in [-0.15, -0.1) is 0 Å². The molecule has 3 fully saturated rings. The zero-order valence-electron chi connectivity index (χ0n) is 20.1. The number of carboxylic acid groups (broad SMARTS) is 1. The molecule has 184 valence electrons. The number of hydrogen-bond donors (Lipinski definition) is 2. The number of imide groups is 1. The molecule has 2 saturated heterocycles. The van der Waals surface area contributed by atoms with E-state index in [1.165, 1.54) is 0 Å². The Morgan fingerprint density at radius 2 is 1.65 bits per heavy atom. The van der Waals surface area contributed by atoms with E-state index in [4.69, 9.17) is 0 Å². The highest BCUT2D eigenvalue weighted by Gasteiger charge is 2.40. The number of amides is 3. The van der Waals surface area contributed by atoms with Gasteiger partial charge in [0.25, 0.3) is 0 Å². The van der Waals surface area contributed by atoms with Gasteiger partial charge < -0.3 is 14.9 Å². The highest BCUT2D eigenvalue weighted by molar-refractivity contribution is 6.00. The fourth-order valence-corrected chi connectivity index (χ4v) is 5.57. The van der Waals surface area contributed by atoms with Crippen molar-refractivity contribution in [1.82, 2.24) is 10.2 Å². The fourth-order valence-electron chi connectivity index (χ4n) is 5.57. The summed E-state index contributed by atoms with van der Waals surface area (Å²) in [7, 11) is 2.07. The molecule has 2 N–H and O–H groups in total. The van der Waals surface area contributed by atoms with Gasteiger partial charge >= 0.3 is 5.97 Å². The smallest absolute Gasteiger partial charge is 0.309 e. The van der Waals surface area contributed by atoms with Crippen LogP contribution in [-0.2, 0) is 19.2 Å². The van der Waals surface area contributed by atoms with E-state index in [-0.39, 0.29) is 29.6 Å². The molecular weight excluding hydrogens is 434 g/mol. The normalized spacial score (nSPS) is 27.1. The molecule has 1 unspecified atom stereocenters. The zero-order chi connectivity index (χ0) is 24.5. The van der Waals surface area contributed by atoms with Crippen LogP contribution in [0.25, 0.3) is 0 Å². The minimum Gasteiger partial charge on any atom is -0.481 e. The molecule has 8 heteroatoms. The maximum Gasteiger partial charge on any atom is 0.309 e. The largest absolute Gasteiger partial charge is 0.481 e. The molecule has 3 amide bonds. The molecule has 1 saturated carbocycles. The van der Waals surface area contributed by atoms with Gasteiger partial charge in [0.15, 0.2) is 0 Å². The maximum absolute atomic E-state index is 13.0. The molecule has 1 aromatic carbocycles. The number of nitrogens with one attached hydrogen (secondary N) is 1. The van der Waals surface area contributed by atoms with E-state index in [1.54, 1.807) is 6.92 Å². The molecule has 2 heterocycles. The number of hydrogen-bond acceptors (Lipinski definition) is 5. The lowest BCUT2D eigenvalue weighted by Gasteiger charge is -2.40. The van der Waals surface area contributed by atoms with E-state index in [1.807, 2.05) is 29.2 Å². The van der Waals surface area contributed by atoms with Crippen molar-refractivity contribution < 1.29 is 24.3 Å². The lowest BCUT2D eigenvalue weighted by Crippen LogP contribution is -2.48. The topological polar surface area (TPSA) is 107 Å². The highest BCUT2D eigenvalue weighted by atomic mass is 16.4. The quantitative estimate of drug-likeness (QED) is 0.642. The SMILES string of the molecule is CN(c1ccc(C2CCC(=O)NC2=O)cc1)C1CCC(C(=O)N2CCC(C)(C(=O)O)CC2)CC1. The standard InChI is InChI=1S/C26H35N3O5/c1-26(25(33)34)13-15-29(16-14-26)24(32)18-5-9-20(10-6-18)28(2)19-7-3-17(4-8-19)21-11-12-22(30)27-23(21)31/h3-4,7-8,18,20-21H,5-6,9-16H2,1-2H3,(H,33,34)(H,27,30,31). The lowest BCUT2D eigenvalue weighted by atomic mass is 9.79. The molecule has 8 nitrogen and oxygen atoms in total. The Labute approximate surface area is 200 Å². The molecule has 0 spiro atoms. The first-order chi connectivity index (χ1) is 16.2. The molecule has 4 rings (SSSR count). The van der Waals surface area contributed by atoms with Crippen molar-refractivity contribution in [2.24, 2.45) is 11.3 Å². The van der Waals surface area contributed by atoms with Gasteiger partial charge in [0.1, 0.15) is 0 Å². The van der Waals surface area contributed by atoms with Crippen LogP contribution in [-0.4, -0.2) is 59.9 Å². The molecule has 2 aliphatic heterocycles. The number of benzene rings is 1. The van der Waals surface area contributed by atoms with Crippen LogP contribution in [0.15, 0.2) is 24.3 Å². The summed E-state index contributed by atoms with van der Waals surface area (Å²) in [6, 6.07) is 8.36. The molecule has 1 atom stereocenters. The van der Waals surface area contributed by atoms with Gasteiger partial charge in [0.2, 0.25) is 17.7 Å². The molecule has 0 bridgehead atoms. The molecular formula is C26H35N3O5. The van der Waals surface area contributed by atoms with Crippen molar-refractivity contribution >= 4 is 29.4 Å². The van der Waals surface area contributed by atoms with E-state index >= 15 is 0 Å². The van der Waals surface area contributed by atoms with Crippen LogP contribution in [0.3, 0.4) is 0 Å². The fraction of sp³-hybridized carbons (Fsp3) is 0.615. The van der Waals surface area contributed by atoms with Gasteiger partial charge in [0, 0.05) is 44.2 Å². The second kappa shape index (κ2) is 9.76. The minimum absolute atomic E-state index is 0.0220. The Bertz CT molecular complexity index is 944. The Morgan fingerprint density at radius 3 is 2.21 bits per heavy atom. The monoisotopic (exact) mass is 469 g/mol. The van der Waals surface area contributed by atoms with Crippen molar-refractivity contribution in [2.75, 3.05) is 25.0 Å². The van der Waals surface area contributed by atoms with Crippen LogP contribution in [0.1, 0.15) is 69.8 Å². The third-order valence-corrected chi connectivity index (χ3v) is 8.23. The highest BCUT2D eigenvalue weighted by Crippen LogP contribution is 2.35. The van der Waals surface area contributed by atoms with Crippen LogP contribution in [0.4, 0.5) is 5.69 Å². The summed E-state index contributed by atoms with van der Waals surface area (Å²) < 4.78 is 0. The Hall–Kier alpha value is -2.90. The Balaban J connectivity index is 1.28. The van der Waals surface area contributed by atoms with E-state index in [2.05, 4.69) is 17.3 Å². The average molecular weight is 470 g/mol. The van der Waals surface area contributed by atoms with E-state index < -0.39 is 11.4 Å². The second-order valence-electron chi connectivity index (χ2n) is 10.4. The third-order valence-electron chi connectivity index (χ3n) is 8.23. The molecule has 1 aromatic rings. The first kappa shape index (κ1) is 24.2. The molecule has 0 radical (unpaired) electrons. The first-order valence-electron chi connectivity index (χ1n) is 12.4. The summed E-state index contributed by atoms with van der Waals surface area (Å²) in [5, 5.41) is 11.8. The third kappa shape index (κ3) is 4.95. The summed E-state index contributed by atoms with van der Waals surface area (Å²) in [6.45, 7) is 2.83. The summed E-state index contributed by atoms with van der Waals surface area (Å²) in [5.74, 6) is -1.27. The predicted octanol–water partition coefficient (Wildman–Crippen LogP) is 2.92. The number of nitrogens with zero attached hydrogens (tertiary/aromatic N) is 2. The molecule has 1 aliphatic carbocycles. The van der Waals surface area contributed by atoms with Gasteiger partial charge in [0.05, 0.1) is 11.3 Å². The van der Waals surface area contributed by atoms with Crippen molar-refractivity contribution in [1.29, 1.82) is 0 Å². The van der Waals surface area contributed by atoms with E-state index in [9.17, 15) is 24.3 Å². The van der Waals surface area contributed by atoms with Gasteiger partial charge in [-0.05, 0) is 69.6 Å². The summed E-state index contributed by atoms with van der Waals surface area (Å²) in [4.78, 5) is 52.1. The first-order valence-corrected chi connectivity index (χ1v) is 12.4. The number of carbonyl (C=O) groups is 4. The van der Waals surface area contributed by atoms with Gasteiger partial charge in [-0.1, -0.05) is 12.1 Å². The Morgan fingerprint density at radius 1 is 1.03 bits per heavy atom. The van der Waals surface area contributed by atoms with Crippen LogP contribution in [0.5, 0.6) is 0 Å². The number of rotatable bonds is 5. The molecule has 3 aliphatic rings. The maximum atomic E-state index is 13.0. The van der Waals surface area contributed by atoms with Crippen molar-refractivity contribution in [3.05, 3.63) is 29.8 Å². The van der Waals surface area contributed by atoms with Gasteiger partial charge in [-0.25, -0.2) is 0 Å². The van der Waals surface area contributed by atoms with Crippen molar-refractivity contribution in [3.8, 4) is 0 Å². The number of anilines is 1. The van der Waals surface area contributed by atoms with Crippen LogP contribution in [0, 0.1) is 11.3 Å². The predicted molar refractivity (Wildman–Crippen MR) is 127 cm³/mol. The second-order valence-corrected chi connectivity index (χ2v) is 10.4. The van der Waals surface area contributed by atoms with E-state index in [0.29, 0.717) is 44.8 Å². The van der Waals surface area contributed by atoms with Crippen LogP contribution in [0.2, 0.25) is 0 Å². The number of aliphatic carboxylic acids is 1. The number of likely N-dealkylation sites (tertiary alicyclic amines) is 1. The van der Waals surface area contributed by atoms with E-state index in [0.717, 1.165) is 36.9 Å². The number of carboxylic acids is 1. The molecule has 34 heavy (non-hydrogen) atoms. The van der Waals surface area contributed by atoms with Crippen molar-refractivity contribution in [3.63, 3.8) is 0 Å². The minimum atomic E-state index is -0.770. The lowest BCUT2D eigenvalue weighted by molar-refractivity contribution is -0.154. The summed E-state index contributed by atoms with van der Waals surface area (Å²) in [6.07, 6.45) is 5.50. The number of piperidine rings is 2. The van der Waals surface area contributed by atoms with Crippen LogP contribution >= 0.6 is 0 Å². The summed E-state index contributed by atoms with van der Waals surface area (Å²) >= 11 is 0. The van der Waals surface area contributed by atoms with Gasteiger partial charge in [-0.2, -0.15) is 0 Å². The number of carbonyl (C=O) groups excluding carboxylic acids is 3. The van der Waals surface area contributed by atoms with Crippen LogP contribution < -0.4 is 10.2 Å². The summed E-state index contributed by atoms with van der Waals surface area (Å²) in [5.41, 5.74) is 1.29. The molecule has 0 aromatic heterocycles. The van der Waals surface area contributed by atoms with Gasteiger partial charge in [-0.3, -0.25) is 24.5 Å². The average Bonchev–Trinajstić information content (AvgIpc) is 2.84.